The number of nitrogens with one attached hydrogen (secondary N) is 2. The molecule has 0 aromatic heterocycles. The molecule has 1 aliphatic carbocycles. The molecule has 0 aromatic rings. The van der Waals surface area contributed by atoms with Gasteiger partial charge in [-0.25, -0.2) is 4.79 Å². The van der Waals surface area contributed by atoms with Gasteiger partial charge in [-0.2, -0.15) is 0 Å². The first kappa shape index (κ1) is 14.3. The monoisotopic (exact) mass is 267 g/mol. The van der Waals surface area contributed by atoms with E-state index in [-0.39, 0.29) is 17.9 Å². The minimum atomic E-state index is -0.594. The van der Waals surface area contributed by atoms with Gasteiger partial charge in [0.25, 0.3) is 5.91 Å². The second-order valence-corrected chi connectivity index (χ2v) is 6.27. The van der Waals surface area contributed by atoms with Crippen molar-refractivity contribution < 1.29 is 9.59 Å². The zero-order chi connectivity index (χ0) is 14.0. The van der Waals surface area contributed by atoms with Crippen molar-refractivity contribution in [2.24, 2.45) is 11.8 Å². The Labute approximate surface area is 115 Å². The van der Waals surface area contributed by atoms with Gasteiger partial charge in [0.05, 0.1) is 0 Å². The average molecular weight is 267 g/mol. The van der Waals surface area contributed by atoms with E-state index in [0.29, 0.717) is 12.5 Å². The molecular formula is C14H25N3O2. The number of amides is 3. The van der Waals surface area contributed by atoms with Crippen LogP contribution in [-0.2, 0) is 4.79 Å². The Morgan fingerprint density at radius 1 is 1.42 bits per heavy atom. The lowest BCUT2D eigenvalue weighted by molar-refractivity contribution is -0.133. The number of hydrogen-bond acceptors (Lipinski definition) is 3. The number of rotatable bonds is 4. The summed E-state index contributed by atoms with van der Waals surface area (Å²) in [5, 5.41) is 6.03. The molecule has 1 unspecified atom stereocenters. The molecule has 2 aliphatic rings. The van der Waals surface area contributed by atoms with Gasteiger partial charge in [0.2, 0.25) is 0 Å². The summed E-state index contributed by atoms with van der Waals surface area (Å²) in [5.41, 5.74) is -0.594. The summed E-state index contributed by atoms with van der Waals surface area (Å²) in [4.78, 5) is 26.0. The SMILES string of the molecule is CNCC(C)CN1C(=O)NC2(CCC(C)CC2)C1=O. The largest absolute Gasteiger partial charge is 0.325 e. The van der Waals surface area contributed by atoms with Crippen LogP contribution < -0.4 is 10.6 Å². The highest BCUT2D eigenvalue weighted by Crippen LogP contribution is 2.36. The van der Waals surface area contributed by atoms with Crippen LogP contribution in [0.5, 0.6) is 0 Å². The van der Waals surface area contributed by atoms with Crippen molar-refractivity contribution in [2.75, 3.05) is 20.1 Å². The standard InChI is InChI=1S/C14H25N3O2/c1-10-4-6-14(7-5-10)12(18)17(13(19)16-14)9-11(2)8-15-3/h10-11,15H,4-9H2,1-3H3,(H,16,19). The molecule has 5 nitrogen and oxygen atoms in total. The Hall–Kier alpha value is -1.10. The van der Waals surface area contributed by atoms with E-state index in [2.05, 4.69) is 17.6 Å². The zero-order valence-electron chi connectivity index (χ0n) is 12.2. The summed E-state index contributed by atoms with van der Waals surface area (Å²) in [6.07, 6.45) is 3.61. The molecule has 1 aliphatic heterocycles. The quantitative estimate of drug-likeness (QED) is 0.756. The number of carbonyl (C=O) groups is 2. The van der Waals surface area contributed by atoms with Gasteiger partial charge in [-0.3, -0.25) is 9.69 Å². The molecule has 2 fully saturated rings. The maximum absolute atomic E-state index is 12.6. The second kappa shape index (κ2) is 5.49. The Kier molecular flexibility index (Phi) is 4.13. The van der Waals surface area contributed by atoms with Gasteiger partial charge in [-0.1, -0.05) is 13.8 Å². The second-order valence-electron chi connectivity index (χ2n) is 6.27. The number of nitrogens with zero attached hydrogens (tertiary/aromatic N) is 1. The Bertz CT molecular complexity index is 362. The topological polar surface area (TPSA) is 61.4 Å². The summed E-state index contributed by atoms with van der Waals surface area (Å²) < 4.78 is 0. The lowest BCUT2D eigenvalue weighted by atomic mass is 9.77. The maximum atomic E-state index is 12.6. The lowest BCUT2D eigenvalue weighted by Gasteiger charge is -2.33. The van der Waals surface area contributed by atoms with E-state index < -0.39 is 5.54 Å². The van der Waals surface area contributed by atoms with Gasteiger partial charge < -0.3 is 10.6 Å². The van der Waals surface area contributed by atoms with Crippen LogP contribution in [-0.4, -0.2) is 42.5 Å². The Morgan fingerprint density at radius 3 is 2.63 bits per heavy atom. The molecule has 1 saturated heterocycles. The van der Waals surface area contributed by atoms with Crippen molar-refractivity contribution in [1.82, 2.24) is 15.5 Å². The van der Waals surface area contributed by atoms with Crippen molar-refractivity contribution in [1.29, 1.82) is 0 Å². The van der Waals surface area contributed by atoms with Crippen LogP contribution >= 0.6 is 0 Å². The fourth-order valence-corrected chi connectivity index (χ4v) is 3.16. The van der Waals surface area contributed by atoms with E-state index in [1.165, 1.54) is 4.90 Å². The third kappa shape index (κ3) is 2.76. The van der Waals surface area contributed by atoms with Gasteiger partial charge >= 0.3 is 6.03 Å². The van der Waals surface area contributed by atoms with Crippen molar-refractivity contribution >= 4 is 11.9 Å². The summed E-state index contributed by atoms with van der Waals surface area (Å²) in [6.45, 7) is 5.57. The summed E-state index contributed by atoms with van der Waals surface area (Å²) >= 11 is 0. The number of carbonyl (C=O) groups excluding carboxylic acids is 2. The maximum Gasteiger partial charge on any atom is 0.325 e. The molecule has 0 bridgehead atoms. The first-order valence-corrected chi connectivity index (χ1v) is 7.27. The van der Waals surface area contributed by atoms with E-state index in [0.717, 1.165) is 32.2 Å². The average Bonchev–Trinajstić information content (AvgIpc) is 2.59. The molecular weight excluding hydrogens is 242 g/mol. The fraction of sp³-hybridized carbons (Fsp3) is 0.857. The molecule has 1 saturated carbocycles. The molecule has 0 aromatic carbocycles. The van der Waals surface area contributed by atoms with E-state index >= 15 is 0 Å². The van der Waals surface area contributed by atoms with Crippen LogP contribution in [0.4, 0.5) is 4.79 Å². The van der Waals surface area contributed by atoms with E-state index in [9.17, 15) is 9.59 Å². The molecule has 3 amide bonds. The predicted molar refractivity (Wildman–Crippen MR) is 73.7 cm³/mol. The Balaban J connectivity index is 2.04. The summed E-state index contributed by atoms with van der Waals surface area (Å²) in [7, 11) is 1.88. The number of imide groups is 1. The van der Waals surface area contributed by atoms with Crippen LogP contribution in [0, 0.1) is 11.8 Å². The molecule has 2 rings (SSSR count). The lowest BCUT2D eigenvalue weighted by Crippen LogP contribution is -2.49. The van der Waals surface area contributed by atoms with E-state index in [4.69, 9.17) is 0 Å². The minimum absolute atomic E-state index is 0.00708. The first-order chi connectivity index (χ1) is 8.98. The summed E-state index contributed by atoms with van der Waals surface area (Å²) in [6, 6.07) is -0.206. The van der Waals surface area contributed by atoms with Crippen LogP contribution in [0.3, 0.4) is 0 Å². The smallest absolute Gasteiger partial charge is 0.323 e. The van der Waals surface area contributed by atoms with Crippen LogP contribution in [0.1, 0.15) is 39.5 Å². The van der Waals surface area contributed by atoms with Gasteiger partial charge in [-0.15, -0.1) is 0 Å². The van der Waals surface area contributed by atoms with Crippen LogP contribution in [0.2, 0.25) is 0 Å². The van der Waals surface area contributed by atoms with Crippen molar-refractivity contribution in [2.45, 2.75) is 45.1 Å². The van der Waals surface area contributed by atoms with Crippen molar-refractivity contribution in [3.05, 3.63) is 0 Å². The van der Waals surface area contributed by atoms with Crippen LogP contribution in [0.15, 0.2) is 0 Å². The van der Waals surface area contributed by atoms with Crippen molar-refractivity contribution in [3.8, 4) is 0 Å². The third-order valence-corrected chi connectivity index (χ3v) is 4.42. The highest BCUT2D eigenvalue weighted by Gasteiger charge is 2.51. The van der Waals surface area contributed by atoms with Gasteiger partial charge in [0.15, 0.2) is 0 Å². The molecule has 2 N–H and O–H groups in total. The minimum Gasteiger partial charge on any atom is -0.323 e. The zero-order valence-corrected chi connectivity index (χ0v) is 12.2. The molecule has 19 heavy (non-hydrogen) atoms. The number of urea groups is 1. The van der Waals surface area contributed by atoms with E-state index in [1.54, 1.807) is 0 Å². The molecule has 0 radical (unpaired) electrons. The predicted octanol–water partition coefficient (Wildman–Crippen LogP) is 1.34. The number of hydrogen-bond donors (Lipinski definition) is 2. The third-order valence-electron chi connectivity index (χ3n) is 4.42. The fourth-order valence-electron chi connectivity index (χ4n) is 3.16. The van der Waals surface area contributed by atoms with Crippen molar-refractivity contribution in [3.63, 3.8) is 0 Å². The molecule has 108 valence electrons. The van der Waals surface area contributed by atoms with Crippen LogP contribution in [0.25, 0.3) is 0 Å². The van der Waals surface area contributed by atoms with E-state index in [1.807, 2.05) is 14.0 Å². The highest BCUT2D eigenvalue weighted by atomic mass is 16.2. The highest BCUT2D eigenvalue weighted by molar-refractivity contribution is 6.07. The first-order valence-electron chi connectivity index (χ1n) is 7.27. The Morgan fingerprint density at radius 2 is 2.05 bits per heavy atom. The molecule has 1 heterocycles. The normalized spacial score (nSPS) is 32.8. The van der Waals surface area contributed by atoms with Gasteiger partial charge in [-0.05, 0) is 51.1 Å². The van der Waals surface area contributed by atoms with Gasteiger partial charge in [0.1, 0.15) is 5.54 Å². The molecule has 5 heteroatoms. The summed E-state index contributed by atoms with van der Waals surface area (Å²) in [5.74, 6) is 0.928. The van der Waals surface area contributed by atoms with Gasteiger partial charge in [0, 0.05) is 6.54 Å². The molecule has 1 atom stereocenters. The molecule has 1 spiro atoms.